The predicted molar refractivity (Wildman–Crippen MR) is 68.8 cm³/mol. The zero-order valence-electron chi connectivity index (χ0n) is 11.6. The smallest absolute Gasteiger partial charge is 0.253 e. The van der Waals surface area contributed by atoms with E-state index >= 15 is 0 Å². The molecule has 1 saturated heterocycles. The zero-order chi connectivity index (χ0) is 13.1. The van der Waals surface area contributed by atoms with Crippen molar-refractivity contribution in [3.63, 3.8) is 0 Å². The summed E-state index contributed by atoms with van der Waals surface area (Å²) in [5.41, 5.74) is -1.25. The molecule has 0 aromatic rings. The van der Waals surface area contributed by atoms with E-state index in [0.29, 0.717) is 5.92 Å². The Morgan fingerprint density at radius 1 is 1.53 bits per heavy atom. The maximum absolute atomic E-state index is 11.8. The fourth-order valence-electron chi connectivity index (χ4n) is 2.45. The van der Waals surface area contributed by atoms with Gasteiger partial charge >= 0.3 is 0 Å². The number of aliphatic hydroxyl groups is 1. The Hall–Kier alpha value is -0.610. The Morgan fingerprint density at radius 2 is 2.18 bits per heavy atom. The number of likely N-dealkylation sites (N-methyl/N-ethyl adjacent to an activating group) is 1. The normalized spacial score (nSPS) is 22.5. The van der Waals surface area contributed by atoms with Crippen LogP contribution >= 0.6 is 0 Å². The number of carbonyl (C=O) groups is 1. The molecule has 1 aliphatic rings. The highest BCUT2D eigenvalue weighted by atomic mass is 16.3. The molecule has 1 rings (SSSR count). The minimum Gasteiger partial charge on any atom is -0.381 e. The molecule has 17 heavy (non-hydrogen) atoms. The SMILES string of the molecule is CN1CCCC(CCN(C)C(=O)C(C)(C)O)C1. The molecule has 1 aliphatic heterocycles. The standard InChI is InChI=1S/C13H26N2O2/c1-13(2,17)12(16)15(4)9-7-11-6-5-8-14(3)10-11/h11,17H,5-10H2,1-4H3. The van der Waals surface area contributed by atoms with Crippen LogP contribution in [0.4, 0.5) is 0 Å². The van der Waals surface area contributed by atoms with Crippen molar-refractivity contribution in [3.05, 3.63) is 0 Å². The molecule has 0 aliphatic carbocycles. The lowest BCUT2D eigenvalue weighted by molar-refractivity contribution is -0.146. The number of carbonyl (C=O) groups excluding carboxylic acids is 1. The molecule has 1 N–H and O–H groups in total. The van der Waals surface area contributed by atoms with Gasteiger partial charge in [0.15, 0.2) is 0 Å². The number of nitrogens with zero attached hydrogens (tertiary/aromatic N) is 2. The van der Waals surface area contributed by atoms with Gasteiger partial charge in [0, 0.05) is 20.1 Å². The van der Waals surface area contributed by atoms with Crippen LogP contribution in [0.15, 0.2) is 0 Å². The molecule has 1 unspecified atom stereocenters. The highest BCUT2D eigenvalue weighted by Gasteiger charge is 2.27. The van der Waals surface area contributed by atoms with Gasteiger partial charge in [-0.2, -0.15) is 0 Å². The summed E-state index contributed by atoms with van der Waals surface area (Å²) in [4.78, 5) is 15.8. The molecule has 1 amide bonds. The Balaban J connectivity index is 2.32. The first-order valence-corrected chi connectivity index (χ1v) is 6.47. The maximum atomic E-state index is 11.8. The quantitative estimate of drug-likeness (QED) is 0.798. The first kappa shape index (κ1) is 14.5. The third-order valence-corrected chi connectivity index (χ3v) is 3.46. The van der Waals surface area contributed by atoms with Crippen LogP contribution in [0.5, 0.6) is 0 Å². The molecular weight excluding hydrogens is 216 g/mol. The molecule has 100 valence electrons. The van der Waals surface area contributed by atoms with Crippen LogP contribution in [0.25, 0.3) is 0 Å². The summed E-state index contributed by atoms with van der Waals surface area (Å²) in [5, 5.41) is 9.64. The average Bonchev–Trinajstić information content (AvgIpc) is 2.23. The fourth-order valence-corrected chi connectivity index (χ4v) is 2.45. The van der Waals surface area contributed by atoms with Gasteiger partial charge in [-0.25, -0.2) is 0 Å². The molecule has 4 heteroatoms. The summed E-state index contributed by atoms with van der Waals surface area (Å²) >= 11 is 0. The van der Waals surface area contributed by atoms with Gasteiger partial charge in [0.2, 0.25) is 0 Å². The van der Waals surface area contributed by atoms with Gasteiger partial charge in [0.25, 0.3) is 5.91 Å². The number of piperidine rings is 1. The van der Waals surface area contributed by atoms with Crippen molar-refractivity contribution < 1.29 is 9.90 Å². The maximum Gasteiger partial charge on any atom is 0.253 e. The highest BCUT2D eigenvalue weighted by molar-refractivity contribution is 5.83. The van der Waals surface area contributed by atoms with Crippen molar-refractivity contribution in [3.8, 4) is 0 Å². The van der Waals surface area contributed by atoms with Crippen molar-refractivity contribution in [2.24, 2.45) is 5.92 Å². The predicted octanol–water partition coefficient (Wildman–Crippen LogP) is 0.948. The lowest BCUT2D eigenvalue weighted by Gasteiger charge is -2.31. The van der Waals surface area contributed by atoms with Crippen molar-refractivity contribution in [2.45, 2.75) is 38.7 Å². The largest absolute Gasteiger partial charge is 0.381 e. The average molecular weight is 242 g/mol. The summed E-state index contributed by atoms with van der Waals surface area (Å²) < 4.78 is 0. The van der Waals surface area contributed by atoms with E-state index in [-0.39, 0.29) is 5.91 Å². The van der Waals surface area contributed by atoms with Crippen molar-refractivity contribution in [2.75, 3.05) is 33.7 Å². The van der Waals surface area contributed by atoms with Gasteiger partial charge in [0.1, 0.15) is 5.60 Å². The summed E-state index contributed by atoms with van der Waals surface area (Å²) in [6.07, 6.45) is 3.54. The van der Waals surface area contributed by atoms with Crippen LogP contribution in [-0.2, 0) is 4.79 Å². The Kier molecular flexibility index (Phi) is 4.95. The Bertz CT molecular complexity index is 261. The summed E-state index contributed by atoms with van der Waals surface area (Å²) in [5.74, 6) is 0.493. The van der Waals surface area contributed by atoms with Crippen molar-refractivity contribution in [1.82, 2.24) is 9.80 Å². The van der Waals surface area contributed by atoms with E-state index in [1.54, 1.807) is 25.8 Å². The highest BCUT2D eigenvalue weighted by Crippen LogP contribution is 2.19. The van der Waals surface area contributed by atoms with Gasteiger partial charge in [0.05, 0.1) is 0 Å². The van der Waals surface area contributed by atoms with Crippen LogP contribution in [0.2, 0.25) is 0 Å². The number of hydrogen-bond acceptors (Lipinski definition) is 3. The first-order chi connectivity index (χ1) is 7.80. The number of likely N-dealkylation sites (tertiary alicyclic amines) is 1. The Morgan fingerprint density at radius 3 is 2.71 bits per heavy atom. The number of hydrogen-bond donors (Lipinski definition) is 1. The van der Waals surface area contributed by atoms with Crippen LogP contribution in [0, 0.1) is 5.92 Å². The monoisotopic (exact) mass is 242 g/mol. The van der Waals surface area contributed by atoms with E-state index in [2.05, 4.69) is 11.9 Å². The molecule has 0 aromatic carbocycles. The summed E-state index contributed by atoms with van der Waals surface area (Å²) in [7, 11) is 3.92. The molecule has 1 heterocycles. The van der Waals surface area contributed by atoms with Crippen LogP contribution < -0.4 is 0 Å². The van der Waals surface area contributed by atoms with E-state index < -0.39 is 5.60 Å². The zero-order valence-corrected chi connectivity index (χ0v) is 11.6. The van der Waals surface area contributed by atoms with Gasteiger partial charge in [-0.05, 0) is 52.6 Å². The molecule has 1 atom stereocenters. The van der Waals surface area contributed by atoms with Crippen molar-refractivity contribution in [1.29, 1.82) is 0 Å². The van der Waals surface area contributed by atoms with Crippen molar-refractivity contribution >= 4 is 5.91 Å². The van der Waals surface area contributed by atoms with E-state index in [0.717, 1.165) is 19.5 Å². The molecule has 0 radical (unpaired) electrons. The van der Waals surface area contributed by atoms with Crippen LogP contribution in [-0.4, -0.2) is 60.1 Å². The molecule has 1 fully saturated rings. The second-order valence-electron chi connectivity index (χ2n) is 5.84. The molecule has 0 spiro atoms. The van der Waals surface area contributed by atoms with E-state index in [4.69, 9.17) is 0 Å². The third-order valence-electron chi connectivity index (χ3n) is 3.46. The topological polar surface area (TPSA) is 43.8 Å². The Labute approximate surface area is 105 Å². The summed E-state index contributed by atoms with van der Waals surface area (Å²) in [6, 6.07) is 0. The second-order valence-corrected chi connectivity index (χ2v) is 5.84. The molecule has 0 bridgehead atoms. The lowest BCUT2D eigenvalue weighted by atomic mass is 9.95. The second kappa shape index (κ2) is 5.83. The van der Waals surface area contributed by atoms with E-state index in [1.165, 1.54) is 19.4 Å². The lowest BCUT2D eigenvalue weighted by Crippen LogP contribution is -2.44. The third kappa shape index (κ3) is 4.64. The van der Waals surface area contributed by atoms with Gasteiger partial charge in [-0.15, -0.1) is 0 Å². The van der Waals surface area contributed by atoms with E-state index in [9.17, 15) is 9.90 Å². The molecule has 4 nitrogen and oxygen atoms in total. The molecular formula is C13H26N2O2. The minimum atomic E-state index is -1.25. The van der Waals surface area contributed by atoms with Crippen LogP contribution in [0.3, 0.4) is 0 Å². The minimum absolute atomic E-state index is 0.193. The van der Waals surface area contributed by atoms with Crippen LogP contribution in [0.1, 0.15) is 33.1 Å². The molecule has 0 aromatic heterocycles. The van der Waals surface area contributed by atoms with Gasteiger partial charge in [-0.1, -0.05) is 0 Å². The number of amides is 1. The van der Waals surface area contributed by atoms with E-state index in [1.807, 2.05) is 0 Å². The van der Waals surface area contributed by atoms with Gasteiger partial charge < -0.3 is 14.9 Å². The van der Waals surface area contributed by atoms with Gasteiger partial charge in [-0.3, -0.25) is 4.79 Å². The summed E-state index contributed by atoms with van der Waals surface area (Å²) in [6.45, 7) is 6.14. The molecule has 0 saturated carbocycles. The number of rotatable bonds is 4. The fraction of sp³-hybridized carbons (Fsp3) is 0.923. The first-order valence-electron chi connectivity index (χ1n) is 6.47.